The van der Waals surface area contributed by atoms with Crippen molar-refractivity contribution in [2.45, 2.75) is 289 Å². The molecule has 7 atom stereocenters. The molecule has 9 aromatic carbocycles. The smallest absolute Gasteiger partial charge is 0.133 e. The van der Waals surface area contributed by atoms with Gasteiger partial charge in [0.1, 0.15) is 24.7 Å². The molecule has 14 aliphatic rings. The van der Waals surface area contributed by atoms with Gasteiger partial charge in [-0.1, -0.05) is 358 Å². The average molecular weight is 1710 g/mol. The van der Waals surface area contributed by atoms with E-state index in [4.69, 9.17) is 0 Å². The maximum atomic E-state index is 9.66. The quantitative estimate of drug-likeness (QED) is 0.100. The lowest BCUT2D eigenvalue weighted by molar-refractivity contribution is 0.00652. The second-order valence-corrected chi connectivity index (χ2v) is 40.5. The number of anilines is 4. The predicted octanol–water partition coefficient (Wildman–Crippen LogP) is 31.3. The zero-order chi connectivity index (χ0) is 88.7. The van der Waals surface area contributed by atoms with Gasteiger partial charge in [-0.25, -0.2) is 0 Å². The molecule has 8 nitrogen and oxygen atoms in total. The van der Waals surface area contributed by atoms with Gasteiger partial charge < -0.3 is 39.2 Å². The van der Waals surface area contributed by atoms with E-state index >= 15 is 0 Å². The van der Waals surface area contributed by atoms with Crippen LogP contribution in [-0.2, 0) is 5.54 Å². The Balaban J connectivity index is 0.000000109. The van der Waals surface area contributed by atoms with Gasteiger partial charge in [0, 0.05) is 45.5 Å². The van der Waals surface area contributed by atoms with Crippen molar-refractivity contribution in [2.75, 3.05) is 19.6 Å². The minimum atomic E-state index is -0.672. The largest absolute Gasteiger partial charge is 0.339 e. The van der Waals surface area contributed by atoms with Crippen LogP contribution in [0.5, 0.6) is 0 Å². The number of benzene rings is 9. The number of rotatable bonds is 15. The van der Waals surface area contributed by atoms with E-state index in [1.807, 2.05) is 0 Å². The number of nitrogens with zero attached hydrogens (tertiary/aromatic N) is 8. The number of fused-ring (bicyclic) bond motifs is 4. The maximum absolute atomic E-state index is 9.66. The topological polar surface area (TPSA) is 25.9 Å². The molecule has 6 fully saturated rings. The predicted molar refractivity (Wildman–Crippen MR) is 538 cm³/mol. The highest BCUT2D eigenvalue weighted by molar-refractivity contribution is 5.70. The zero-order valence-electron chi connectivity index (χ0n) is 79.6. The van der Waals surface area contributed by atoms with Gasteiger partial charge >= 0.3 is 0 Å². The van der Waals surface area contributed by atoms with Gasteiger partial charge in [0.2, 0.25) is 0 Å². The second-order valence-electron chi connectivity index (χ2n) is 40.5. The molecule has 8 aliphatic heterocycles. The lowest BCUT2D eigenvalue weighted by atomic mass is 9.63. The van der Waals surface area contributed by atoms with E-state index in [0.29, 0.717) is 11.8 Å². The van der Waals surface area contributed by atoms with Gasteiger partial charge in [-0.05, 0) is 267 Å². The lowest BCUT2D eigenvalue weighted by Gasteiger charge is -2.54. The van der Waals surface area contributed by atoms with E-state index in [1.165, 1.54) is 292 Å². The second kappa shape index (κ2) is 37.6. The van der Waals surface area contributed by atoms with Crippen LogP contribution in [-0.4, -0.2) is 36.7 Å². The Hall–Kier alpha value is -10.7. The van der Waals surface area contributed by atoms with Crippen LogP contribution in [0.4, 0.5) is 22.7 Å². The van der Waals surface area contributed by atoms with Gasteiger partial charge in [-0.3, -0.25) is 0 Å². The Kier molecular flexibility index (Phi) is 24.8. The van der Waals surface area contributed by atoms with Crippen molar-refractivity contribution in [3.8, 4) is 0 Å². The third-order valence-corrected chi connectivity index (χ3v) is 33.5. The van der Waals surface area contributed by atoms with Crippen LogP contribution in [0.25, 0.3) is 0 Å². The minimum Gasteiger partial charge on any atom is -0.339 e. The maximum Gasteiger partial charge on any atom is 0.133 e. The first-order valence-electron chi connectivity index (χ1n) is 51.2. The van der Waals surface area contributed by atoms with E-state index in [9.17, 15) is 1.37 Å². The number of hydrogen-bond donors (Lipinski definition) is 0. The molecule has 7 unspecified atom stereocenters. The molecule has 0 radical (unpaired) electrons. The number of aryl methyl sites for hydroxylation is 4. The molecule has 6 aliphatic carbocycles. The molecule has 0 N–H and O–H groups in total. The molecule has 23 rings (SSSR count). The summed E-state index contributed by atoms with van der Waals surface area (Å²) in [6.45, 7) is 18.2. The highest BCUT2D eigenvalue weighted by Gasteiger charge is 2.61. The van der Waals surface area contributed by atoms with Crippen LogP contribution < -0.4 is 19.6 Å². The van der Waals surface area contributed by atoms with Crippen molar-refractivity contribution in [1.82, 2.24) is 19.6 Å². The van der Waals surface area contributed by atoms with Crippen molar-refractivity contribution in [1.29, 1.82) is 0 Å². The summed E-state index contributed by atoms with van der Waals surface area (Å²) in [7, 11) is 0. The minimum absolute atomic E-state index is 0.0155. The molecule has 8 heterocycles. The monoisotopic (exact) mass is 1710 g/mol. The summed E-state index contributed by atoms with van der Waals surface area (Å²) in [4.78, 5) is 21.4. The molecule has 0 aromatic heterocycles. The highest BCUT2D eigenvalue weighted by atomic mass is 15.5. The van der Waals surface area contributed by atoms with E-state index in [2.05, 4.69) is 392 Å². The average Bonchev–Trinajstić information content (AvgIpc) is 1.51. The van der Waals surface area contributed by atoms with Crippen molar-refractivity contribution >= 4 is 22.7 Å². The molecule has 666 valence electrons. The molecule has 0 amide bonds. The normalized spacial score (nSPS) is 26.5. The van der Waals surface area contributed by atoms with Crippen LogP contribution in [0.15, 0.2) is 343 Å². The Morgan fingerprint density at radius 3 is 0.860 bits per heavy atom. The first-order valence-corrected chi connectivity index (χ1v) is 50.7. The Bertz CT molecular complexity index is 5690. The van der Waals surface area contributed by atoms with Gasteiger partial charge in [-0.2, -0.15) is 0 Å². The molecule has 0 bridgehead atoms. The third-order valence-electron chi connectivity index (χ3n) is 33.5. The SMILES string of the molecule is CC1=C2C=CC(C3CCCCC3)(C3CCCC3)N2C(c2ccccc2)N1c1ccccc1C.CC1=C2C=CC(C3CCCCC3)(C3CCCCC3)N2C(c2ccccc2)N1c1ccccc1C.CC1=C2C=CC(c3ccccc3)(C3CCCCC3)N2C(c2ccccc2)N1c1ccccc1C.[2H]C1(C2CCCCC2)C=CC2=C(C)N(c3ccccc3C)C(c3ccccc3)N21. The van der Waals surface area contributed by atoms with E-state index in [0.717, 1.165) is 36.5 Å². The number of hydrogen-bond acceptors (Lipinski definition) is 8. The van der Waals surface area contributed by atoms with Crippen LogP contribution in [0.2, 0.25) is 0 Å². The summed E-state index contributed by atoms with van der Waals surface area (Å²) in [5, 5.41) is 0. The van der Waals surface area contributed by atoms with Crippen molar-refractivity contribution < 1.29 is 1.37 Å². The summed E-state index contributed by atoms with van der Waals surface area (Å²) >= 11 is 0. The molecular formula is C121H142N8. The molecule has 9 aromatic rings. The molecule has 0 spiro atoms. The summed E-state index contributed by atoms with van der Waals surface area (Å²) in [6, 6.07) is 90.5. The molecule has 129 heavy (non-hydrogen) atoms. The van der Waals surface area contributed by atoms with E-state index < -0.39 is 6.02 Å². The van der Waals surface area contributed by atoms with Crippen molar-refractivity contribution in [3.05, 3.63) is 393 Å². The Labute approximate surface area is 775 Å². The molecule has 6 saturated carbocycles. The van der Waals surface area contributed by atoms with Gasteiger partial charge in [0.15, 0.2) is 0 Å². The van der Waals surface area contributed by atoms with E-state index in [1.54, 1.807) is 0 Å². The fourth-order valence-electron chi connectivity index (χ4n) is 27.5. The number of para-hydroxylation sites is 4. The van der Waals surface area contributed by atoms with Crippen molar-refractivity contribution in [2.24, 2.45) is 35.5 Å². The standard InChI is InChI=1S/C32H40N2.C32H34N2.C31H38N2.C26H30N2/c2*1-24-14-12-13-21-29(24)33-25(2)30-22-23-32(27-17-8-4-9-18-27,28-19-10-5-11-20-28)34(30)31(33)26-15-6-3-7-16-26;1-23-13-9-12-20-28(23)32-24(2)29-21-22-31(27-18-10-11-19-27,26-16-7-4-8-17-26)33(29)30(32)25-14-5-3-6-15-25;1-19-11-9-10-16-23(19)27-20(2)24-17-18-25(21-12-5-3-6-13-21)28(24)26(27)22-14-7-4-8-15-22/h3,6-7,12-16,21-23,27-28,31H,4-5,8-11,17-20H2,1-2H3;3-4,6-9,12-18,21-23,28,31H,5,10-11,19-20H2,1-2H3;3,5-6,9,12-15,20-22,26-27,30H,4,7-8,10-11,16-19H2,1-2H3;4,7-11,14-18,21,25-26H,3,5-6,12-13H2,1-2H3/i;;;25D. The van der Waals surface area contributed by atoms with Crippen LogP contribution in [0, 0.1) is 63.2 Å². The summed E-state index contributed by atoms with van der Waals surface area (Å²) < 4.78 is 9.66. The lowest BCUT2D eigenvalue weighted by Crippen LogP contribution is -2.57. The summed E-state index contributed by atoms with van der Waals surface area (Å²) in [5.41, 5.74) is 28.5. The zero-order valence-corrected chi connectivity index (χ0v) is 78.6. The van der Waals surface area contributed by atoms with Gasteiger partial charge in [0.05, 0.1) is 46.8 Å². The van der Waals surface area contributed by atoms with Crippen LogP contribution >= 0.6 is 0 Å². The fraction of sp³-hybridized carbons (Fsp3) is 0.421. The Morgan fingerprint density at radius 2 is 0.512 bits per heavy atom. The van der Waals surface area contributed by atoms with E-state index in [-0.39, 0.29) is 41.3 Å². The van der Waals surface area contributed by atoms with Crippen LogP contribution in [0.1, 0.15) is 290 Å². The van der Waals surface area contributed by atoms with Gasteiger partial charge in [0.25, 0.3) is 0 Å². The highest BCUT2D eigenvalue weighted by Crippen LogP contribution is 2.64. The molecule has 8 heteroatoms. The van der Waals surface area contributed by atoms with Crippen molar-refractivity contribution in [3.63, 3.8) is 0 Å². The first-order chi connectivity index (χ1) is 63.8. The fourth-order valence-corrected chi connectivity index (χ4v) is 27.5. The molecular weight excluding hydrogens is 1570 g/mol. The third kappa shape index (κ3) is 15.5. The first kappa shape index (κ1) is 85.1. The molecule has 0 saturated heterocycles. The summed E-state index contributed by atoms with van der Waals surface area (Å²) in [5.74, 6) is 4.04. The van der Waals surface area contributed by atoms with Gasteiger partial charge in [-0.15, -0.1) is 0 Å². The van der Waals surface area contributed by atoms with Crippen LogP contribution in [0.3, 0.4) is 0 Å². The Morgan fingerprint density at radius 1 is 0.248 bits per heavy atom. The number of allylic oxidation sites excluding steroid dienone is 8. The summed E-state index contributed by atoms with van der Waals surface area (Å²) in [6.07, 6.45) is 59.6.